The van der Waals surface area contributed by atoms with Crippen LogP contribution in [0, 0.1) is 11.9 Å². The van der Waals surface area contributed by atoms with Gasteiger partial charge >= 0.3 is 7.12 Å². The number of carbonyl (C=O) groups excluding carboxylic acids is 2. The molecule has 0 aliphatic heterocycles. The van der Waals surface area contributed by atoms with Gasteiger partial charge in [0, 0.05) is 53.6 Å². The number of aromatic hydroxyl groups is 2. The highest BCUT2D eigenvalue weighted by atomic mass is 79.9. The van der Waals surface area contributed by atoms with Crippen molar-refractivity contribution in [3.63, 3.8) is 0 Å². The Morgan fingerprint density at radius 1 is 0.536 bits per heavy atom. The fraction of sp³-hybridized carbons (Fsp3) is 0.182. The van der Waals surface area contributed by atoms with E-state index in [4.69, 9.17) is 10.0 Å². The number of Topliss-reactive ketones (excluding diaryl/α,β-unsaturated/α-hetero) is 2. The third-order valence-electron chi connectivity index (χ3n) is 8.49. The van der Waals surface area contributed by atoms with E-state index in [-0.39, 0.29) is 28.5 Å². The number of pyridine rings is 2. The maximum Gasteiger partial charge on any atom is 0.490 e. The van der Waals surface area contributed by atoms with Crippen molar-refractivity contribution in [3.8, 4) is 22.6 Å². The van der Waals surface area contributed by atoms with Crippen molar-refractivity contribution < 1.29 is 38.6 Å². The SMILES string of the molecule is O=C(CCCc1ccc(-c2ccc(F)nc2)cc1)Cc1ccc(O)cc1.O=C(CCCc1ccc(Br)cc1)Cc1ccc(O)cc1.OB(O)c1ccc(F)nc1. The molecule has 4 aromatic carbocycles. The smallest absolute Gasteiger partial charge is 0.490 e. The quantitative estimate of drug-likeness (QED) is 0.0642. The highest BCUT2D eigenvalue weighted by molar-refractivity contribution is 9.10. The number of nitrogens with zero attached hydrogens (tertiary/aromatic N) is 2. The predicted molar refractivity (Wildman–Crippen MR) is 217 cm³/mol. The fourth-order valence-corrected chi connectivity index (χ4v) is 5.70. The first-order valence-electron chi connectivity index (χ1n) is 18.0. The standard InChI is InChI=1S/C22H20FNO2.C17H17BrO2.C5H5BFNO2/c23-22-13-10-19(15-24-22)18-8-4-16(5-9-18)2-1-3-21(26)14-17-6-11-20(25)12-7-17;18-15-8-4-13(5-9-15)2-1-3-17(20)12-14-6-10-16(19)11-7-14;7-5-2-1-4(3-8-5)6(9)10/h4-13,15,25H,1-3,14H2;4-11,19H,1-3,12H2;1-3,9-10H. The van der Waals surface area contributed by atoms with Crippen molar-refractivity contribution in [2.45, 2.75) is 51.4 Å². The molecule has 2 aromatic heterocycles. The number of aryl methyl sites for hydroxylation is 2. The number of ketones is 2. The Labute approximate surface area is 333 Å². The summed E-state index contributed by atoms with van der Waals surface area (Å²) in [6.45, 7) is 0. The van der Waals surface area contributed by atoms with E-state index in [1.807, 2.05) is 36.4 Å². The molecule has 6 rings (SSSR count). The minimum atomic E-state index is -1.58. The summed E-state index contributed by atoms with van der Waals surface area (Å²) in [6, 6.07) is 35.2. The van der Waals surface area contributed by atoms with Crippen LogP contribution in [-0.2, 0) is 35.3 Å². The molecule has 0 radical (unpaired) electrons. The molecule has 2 heterocycles. The van der Waals surface area contributed by atoms with Crippen molar-refractivity contribution in [3.05, 3.63) is 172 Å². The minimum absolute atomic E-state index is 0.182. The highest BCUT2D eigenvalue weighted by Gasteiger charge is 2.10. The summed E-state index contributed by atoms with van der Waals surface area (Å²) in [6.07, 6.45) is 8.00. The lowest BCUT2D eigenvalue weighted by Gasteiger charge is -2.05. The summed E-state index contributed by atoms with van der Waals surface area (Å²) in [4.78, 5) is 30.8. The number of phenolic OH excluding ortho intramolecular Hbond substituents is 2. The van der Waals surface area contributed by atoms with E-state index >= 15 is 0 Å². The molecule has 0 saturated heterocycles. The Balaban J connectivity index is 0.000000205. The number of phenols is 2. The minimum Gasteiger partial charge on any atom is -0.508 e. The van der Waals surface area contributed by atoms with Gasteiger partial charge < -0.3 is 20.3 Å². The Morgan fingerprint density at radius 3 is 1.36 bits per heavy atom. The topological polar surface area (TPSA) is 141 Å². The number of rotatable bonds is 14. The van der Waals surface area contributed by atoms with E-state index in [2.05, 4.69) is 38.0 Å². The lowest BCUT2D eigenvalue weighted by molar-refractivity contribution is -0.119. The van der Waals surface area contributed by atoms with Crippen molar-refractivity contribution in [2.24, 2.45) is 0 Å². The third kappa shape index (κ3) is 16.0. The van der Waals surface area contributed by atoms with Crippen molar-refractivity contribution in [1.29, 1.82) is 0 Å². The van der Waals surface area contributed by atoms with Crippen LogP contribution in [0.2, 0.25) is 0 Å². The van der Waals surface area contributed by atoms with Crippen LogP contribution in [-0.4, -0.2) is 48.9 Å². The number of halogens is 3. The normalized spacial score (nSPS) is 10.4. The summed E-state index contributed by atoms with van der Waals surface area (Å²) >= 11 is 3.41. The van der Waals surface area contributed by atoms with Crippen LogP contribution in [0.5, 0.6) is 11.5 Å². The molecule has 56 heavy (non-hydrogen) atoms. The molecule has 0 unspecified atom stereocenters. The van der Waals surface area contributed by atoms with Crippen molar-refractivity contribution in [1.82, 2.24) is 9.97 Å². The number of hydrogen-bond donors (Lipinski definition) is 4. The molecule has 6 aromatic rings. The van der Waals surface area contributed by atoms with Crippen LogP contribution in [0.25, 0.3) is 11.1 Å². The molecule has 0 spiro atoms. The number of carbonyl (C=O) groups is 2. The van der Waals surface area contributed by atoms with Gasteiger partial charge in [-0.2, -0.15) is 8.78 Å². The average molecular weight is 824 g/mol. The number of aromatic nitrogens is 2. The Kier molecular flexibility index (Phi) is 17.5. The molecule has 4 N–H and O–H groups in total. The molecular weight excluding hydrogens is 781 g/mol. The predicted octanol–water partition coefficient (Wildman–Crippen LogP) is 7.92. The van der Waals surface area contributed by atoms with Crippen molar-refractivity contribution >= 4 is 40.1 Å². The largest absolute Gasteiger partial charge is 0.508 e. The van der Waals surface area contributed by atoms with Gasteiger partial charge in [-0.25, -0.2) is 9.97 Å². The second-order valence-corrected chi connectivity index (χ2v) is 13.9. The molecule has 8 nitrogen and oxygen atoms in total. The molecule has 0 atom stereocenters. The first-order valence-corrected chi connectivity index (χ1v) is 18.7. The van der Waals surface area contributed by atoms with Crippen LogP contribution in [0.4, 0.5) is 8.78 Å². The summed E-state index contributed by atoms with van der Waals surface area (Å²) in [5.74, 6) is -0.234. The first kappa shape index (κ1) is 43.2. The molecule has 0 bridgehead atoms. The van der Waals surface area contributed by atoms with Gasteiger partial charge in [0.2, 0.25) is 11.9 Å². The lowest BCUT2D eigenvalue weighted by atomic mass is 9.82. The first-order chi connectivity index (χ1) is 26.9. The zero-order chi connectivity index (χ0) is 40.3. The van der Waals surface area contributed by atoms with Gasteiger partial charge in [-0.1, -0.05) is 82.7 Å². The van der Waals surface area contributed by atoms with Crippen LogP contribution in [0.3, 0.4) is 0 Å². The molecule has 0 saturated carbocycles. The van der Waals surface area contributed by atoms with E-state index in [0.29, 0.717) is 25.7 Å². The second kappa shape index (κ2) is 22.7. The summed E-state index contributed by atoms with van der Waals surface area (Å²) in [5, 5.41) is 35.5. The van der Waals surface area contributed by atoms with Crippen molar-refractivity contribution in [2.75, 3.05) is 0 Å². The fourth-order valence-electron chi connectivity index (χ4n) is 5.44. The van der Waals surface area contributed by atoms with Gasteiger partial charge in [-0.3, -0.25) is 9.59 Å². The van der Waals surface area contributed by atoms with Gasteiger partial charge in [0.15, 0.2) is 0 Å². The average Bonchev–Trinajstić information content (AvgIpc) is 3.19. The van der Waals surface area contributed by atoms with E-state index < -0.39 is 19.0 Å². The molecule has 0 aliphatic carbocycles. The second-order valence-electron chi connectivity index (χ2n) is 13.0. The van der Waals surface area contributed by atoms with Crippen LogP contribution in [0.15, 0.2) is 138 Å². The molecular formula is C44H42BBrF2N2O6. The lowest BCUT2D eigenvalue weighted by Crippen LogP contribution is -2.30. The zero-order valence-electron chi connectivity index (χ0n) is 30.6. The monoisotopic (exact) mass is 822 g/mol. The maximum atomic E-state index is 12.9. The van der Waals surface area contributed by atoms with Gasteiger partial charge in [0.05, 0.1) is 0 Å². The molecule has 288 valence electrons. The molecule has 0 fully saturated rings. The van der Waals surface area contributed by atoms with E-state index in [1.165, 1.54) is 29.5 Å². The Morgan fingerprint density at radius 2 is 0.946 bits per heavy atom. The number of benzene rings is 4. The molecule has 0 amide bonds. The zero-order valence-corrected chi connectivity index (χ0v) is 32.2. The van der Waals surface area contributed by atoms with Gasteiger partial charge in [-0.05, 0) is 108 Å². The molecule has 12 heteroatoms. The van der Waals surface area contributed by atoms with Gasteiger partial charge in [0.1, 0.15) is 23.1 Å². The van der Waals surface area contributed by atoms with E-state index in [0.717, 1.165) is 64.7 Å². The molecule has 0 aliphatic rings. The highest BCUT2D eigenvalue weighted by Crippen LogP contribution is 2.20. The summed E-state index contributed by atoms with van der Waals surface area (Å²) < 4.78 is 26.0. The number of hydrogen-bond acceptors (Lipinski definition) is 8. The van der Waals surface area contributed by atoms with Gasteiger partial charge in [-0.15, -0.1) is 0 Å². The van der Waals surface area contributed by atoms with Gasteiger partial charge in [0.25, 0.3) is 0 Å². The van der Waals surface area contributed by atoms with Crippen LogP contribution < -0.4 is 5.46 Å². The van der Waals surface area contributed by atoms with E-state index in [1.54, 1.807) is 54.6 Å². The Hall–Kier alpha value is -5.56. The Bertz CT molecular complexity index is 2080. The maximum absolute atomic E-state index is 12.9. The summed E-state index contributed by atoms with van der Waals surface area (Å²) in [5.41, 5.74) is 6.35. The third-order valence-corrected chi connectivity index (χ3v) is 9.02. The van der Waals surface area contributed by atoms with E-state index in [9.17, 15) is 28.6 Å². The summed E-state index contributed by atoms with van der Waals surface area (Å²) in [7, 11) is -1.58. The van der Waals surface area contributed by atoms with Crippen LogP contribution >= 0.6 is 15.9 Å². The van der Waals surface area contributed by atoms with Crippen LogP contribution in [0.1, 0.15) is 47.9 Å².